The summed E-state index contributed by atoms with van der Waals surface area (Å²) < 4.78 is 11.3. The van der Waals surface area contributed by atoms with Gasteiger partial charge in [-0.2, -0.15) is 0 Å². The van der Waals surface area contributed by atoms with Crippen LogP contribution >= 0.6 is 0 Å². The molecule has 0 radical (unpaired) electrons. The van der Waals surface area contributed by atoms with E-state index in [0.717, 1.165) is 22.4 Å². The minimum Gasteiger partial charge on any atom is -0.493 e. The molecule has 0 saturated carbocycles. The predicted molar refractivity (Wildman–Crippen MR) is 109 cm³/mol. The van der Waals surface area contributed by atoms with Crippen LogP contribution in [0.25, 0.3) is 0 Å². The van der Waals surface area contributed by atoms with Crippen LogP contribution in [0.15, 0.2) is 71.7 Å². The number of aromatic carboxylic acids is 1. The van der Waals surface area contributed by atoms with Gasteiger partial charge in [0.2, 0.25) is 0 Å². The second kappa shape index (κ2) is 8.86. The zero-order chi connectivity index (χ0) is 19.9. The monoisotopic (exact) mass is 375 g/mol. The minimum absolute atomic E-state index is 0.232. The quantitative estimate of drug-likeness (QED) is 0.588. The molecule has 0 saturated heterocycles. The summed E-state index contributed by atoms with van der Waals surface area (Å²) in [6, 6.07) is 20.2. The number of methoxy groups -OCH3 is 1. The summed E-state index contributed by atoms with van der Waals surface area (Å²) in [5.41, 5.74) is 3.91. The van der Waals surface area contributed by atoms with Crippen LogP contribution in [0.3, 0.4) is 0 Å². The van der Waals surface area contributed by atoms with Crippen molar-refractivity contribution in [2.24, 2.45) is 4.99 Å². The van der Waals surface area contributed by atoms with E-state index in [-0.39, 0.29) is 12.2 Å². The summed E-state index contributed by atoms with van der Waals surface area (Å²) in [4.78, 5) is 15.6. The number of benzene rings is 3. The second-order valence-electron chi connectivity index (χ2n) is 6.25. The topological polar surface area (TPSA) is 68.1 Å². The van der Waals surface area contributed by atoms with Gasteiger partial charge in [0, 0.05) is 6.21 Å². The van der Waals surface area contributed by atoms with Crippen LogP contribution in [-0.2, 0) is 6.61 Å². The van der Waals surface area contributed by atoms with Crippen LogP contribution in [0.1, 0.15) is 27.0 Å². The first-order valence-electron chi connectivity index (χ1n) is 8.79. The largest absolute Gasteiger partial charge is 0.493 e. The van der Waals surface area contributed by atoms with Gasteiger partial charge in [0.25, 0.3) is 0 Å². The van der Waals surface area contributed by atoms with Gasteiger partial charge in [0.05, 0.1) is 18.4 Å². The lowest BCUT2D eigenvalue weighted by Gasteiger charge is -2.11. The van der Waals surface area contributed by atoms with Crippen LogP contribution < -0.4 is 9.47 Å². The third-order valence-electron chi connectivity index (χ3n) is 4.22. The Kier molecular flexibility index (Phi) is 6.07. The van der Waals surface area contributed by atoms with Crippen LogP contribution in [0.2, 0.25) is 0 Å². The summed E-state index contributed by atoms with van der Waals surface area (Å²) in [7, 11) is 1.58. The Morgan fingerprint density at radius 3 is 2.61 bits per heavy atom. The van der Waals surface area contributed by atoms with E-state index in [4.69, 9.17) is 14.6 Å². The fourth-order valence-electron chi connectivity index (χ4n) is 2.69. The van der Waals surface area contributed by atoms with Crippen molar-refractivity contribution in [3.63, 3.8) is 0 Å². The van der Waals surface area contributed by atoms with Gasteiger partial charge < -0.3 is 14.6 Å². The van der Waals surface area contributed by atoms with Crippen LogP contribution in [-0.4, -0.2) is 24.4 Å². The first-order valence-corrected chi connectivity index (χ1v) is 8.79. The number of carboxylic acid groups (broad SMARTS) is 1. The molecule has 0 aliphatic heterocycles. The van der Waals surface area contributed by atoms with Gasteiger partial charge in [0.15, 0.2) is 11.5 Å². The fraction of sp³-hybridized carbons (Fsp3) is 0.130. The molecule has 5 heteroatoms. The lowest BCUT2D eigenvalue weighted by atomic mass is 10.1. The second-order valence-corrected chi connectivity index (χ2v) is 6.25. The van der Waals surface area contributed by atoms with Crippen molar-refractivity contribution >= 4 is 17.9 Å². The molecule has 0 aliphatic rings. The van der Waals surface area contributed by atoms with Crippen molar-refractivity contribution in [2.75, 3.05) is 7.11 Å². The summed E-state index contributed by atoms with van der Waals surface area (Å²) in [5.74, 6) is 0.205. The molecule has 0 amide bonds. The van der Waals surface area contributed by atoms with Gasteiger partial charge >= 0.3 is 5.97 Å². The van der Waals surface area contributed by atoms with Crippen molar-refractivity contribution in [1.82, 2.24) is 0 Å². The van der Waals surface area contributed by atoms with E-state index < -0.39 is 5.97 Å². The molecular formula is C23H21NO4. The zero-order valence-electron chi connectivity index (χ0n) is 15.8. The molecule has 3 aromatic rings. The Hall–Kier alpha value is -3.60. The Morgan fingerprint density at radius 1 is 1.04 bits per heavy atom. The molecule has 3 rings (SSSR count). The highest BCUT2D eigenvalue weighted by atomic mass is 16.5. The number of rotatable bonds is 7. The van der Waals surface area contributed by atoms with Crippen LogP contribution in [0.4, 0.5) is 5.69 Å². The Labute approximate surface area is 163 Å². The normalized spacial score (nSPS) is 10.8. The molecule has 0 bridgehead atoms. The van der Waals surface area contributed by atoms with Crippen molar-refractivity contribution in [1.29, 1.82) is 0 Å². The van der Waals surface area contributed by atoms with E-state index in [1.165, 1.54) is 0 Å². The molecule has 1 N–H and O–H groups in total. The molecular weight excluding hydrogens is 354 g/mol. The molecule has 0 aromatic heterocycles. The summed E-state index contributed by atoms with van der Waals surface area (Å²) in [6.07, 6.45) is 1.78. The SMILES string of the molecule is COc1cc(C=Nc2ccccc2C)ccc1OCc1cccc(C(=O)O)c1. The average molecular weight is 375 g/mol. The first kappa shape index (κ1) is 19.2. The van der Waals surface area contributed by atoms with E-state index in [0.29, 0.717) is 11.5 Å². The average Bonchev–Trinajstić information content (AvgIpc) is 2.72. The highest BCUT2D eigenvalue weighted by Gasteiger charge is 2.08. The number of hydrogen-bond donors (Lipinski definition) is 1. The number of aliphatic imine (C=N–C) groups is 1. The summed E-state index contributed by atoms with van der Waals surface area (Å²) >= 11 is 0. The lowest BCUT2D eigenvalue weighted by molar-refractivity contribution is 0.0696. The molecule has 142 valence electrons. The van der Waals surface area contributed by atoms with E-state index in [2.05, 4.69) is 4.99 Å². The Bertz CT molecular complexity index is 1010. The van der Waals surface area contributed by atoms with E-state index in [1.807, 2.05) is 55.5 Å². The van der Waals surface area contributed by atoms with E-state index in [9.17, 15) is 4.79 Å². The molecule has 0 atom stereocenters. The molecule has 3 aromatic carbocycles. The standard InChI is InChI=1S/C23H21NO4/c1-16-6-3-4-9-20(16)24-14-17-10-11-21(22(13-17)27-2)28-15-18-7-5-8-19(12-18)23(25)26/h3-14H,15H2,1-2H3,(H,25,26). The van der Waals surface area contributed by atoms with Crippen molar-refractivity contribution in [3.8, 4) is 11.5 Å². The molecule has 0 spiro atoms. The Balaban J connectivity index is 1.74. The number of carbonyl (C=O) groups is 1. The number of ether oxygens (including phenoxy) is 2. The van der Waals surface area contributed by atoms with Gasteiger partial charge in [-0.15, -0.1) is 0 Å². The number of hydrogen-bond acceptors (Lipinski definition) is 4. The van der Waals surface area contributed by atoms with Gasteiger partial charge in [0.1, 0.15) is 6.61 Å². The minimum atomic E-state index is -0.961. The number of aryl methyl sites for hydroxylation is 1. The van der Waals surface area contributed by atoms with Gasteiger partial charge in [-0.1, -0.05) is 30.3 Å². The van der Waals surface area contributed by atoms with Crippen molar-refractivity contribution in [2.45, 2.75) is 13.5 Å². The van der Waals surface area contributed by atoms with Crippen LogP contribution in [0, 0.1) is 6.92 Å². The van der Waals surface area contributed by atoms with Crippen LogP contribution in [0.5, 0.6) is 11.5 Å². The number of para-hydroxylation sites is 1. The maximum atomic E-state index is 11.1. The molecule has 0 aliphatic carbocycles. The van der Waals surface area contributed by atoms with Crippen molar-refractivity contribution < 1.29 is 19.4 Å². The van der Waals surface area contributed by atoms with Gasteiger partial charge in [-0.3, -0.25) is 4.99 Å². The third kappa shape index (κ3) is 4.76. The van der Waals surface area contributed by atoms with Gasteiger partial charge in [-0.05, 0) is 60.0 Å². The van der Waals surface area contributed by atoms with Gasteiger partial charge in [-0.25, -0.2) is 4.79 Å². The molecule has 0 unspecified atom stereocenters. The smallest absolute Gasteiger partial charge is 0.335 e. The van der Waals surface area contributed by atoms with E-state index >= 15 is 0 Å². The number of nitrogens with zero attached hydrogens (tertiary/aromatic N) is 1. The summed E-state index contributed by atoms with van der Waals surface area (Å²) in [6.45, 7) is 2.26. The molecule has 0 heterocycles. The van der Waals surface area contributed by atoms with Crippen molar-refractivity contribution in [3.05, 3.63) is 89.0 Å². The highest BCUT2D eigenvalue weighted by Crippen LogP contribution is 2.29. The summed E-state index contributed by atoms with van der Waals surface area (Å²) in [5, 5.41) is 9.08. The lowest BCUT2D eigenvalue weighted by Crippen LogP contribution is -2.01. The maximum Gasteiger partial charge on any atom is 0.335 e. The van der Waals surface area contributed by atoms with E-state index in [1.54, 1.807) is 31.5 Å². The molecule has 28 heavy (non-hydrogen) atoms. The maximum absolute atomic E-state index is 11.1. The zero-order valence-corrected chi connectivity index (χ0v) is 15.8. The number of carboxylic acids is 1. The highest BCUT2D eigenvalue weighted by molar-refractivity contribution is 5.87. The predicted octanol–water partition coefficient (Wildman–Crippen LogP) is 5.03. The molecule has 0 fully saturated rings. The third-order valence-corrected chi connectivity index (χ3v) is 4.22. The molecule has 5 nitrogen and oxygen atoms in total. The first-order chi connectivity index (χ1) is 13.6. The fourth-order valence-corrected chi connectivity index (χ4v) is 2.69. The Morgan fingerprint density at radius 2 is 1.86 bits per heavy atom.